The van der Waals surface area contributed by atoms with E-state index in [1.807, 2.05) is 18.2 Å². The number of rotatable bonds is 6. The molecule has 0 atom stereocenters. The first-order valence-electron chi connectivity index (χ1n) is 10.4. The zero-order chi connectivity index (χ0) is 24.4. The number of hydrogen-bond donors (Lipinski definition) is 2. The van der Waals surface area contributed by atoms with E-state index in [-0.39, 0.29) is 29.0 Å². The predicted octanol–water partition coefficient (Wildman–Crippen LogP) is 4.15. The molecule has 0 unspecified atom stereocenters. The molecule has 0 aliphatic carbocycles. The van der Waals surface area contributed by atoms with Crippen molar-refractivity contribution in [2.24, 2.45) is 0 Å². The first-order valence-corrected chi connectivity index (χ1v) is 10.4. The van der Waals surface area contributed by atoms with Gasteiger partial charge < -0.3 is 15.0 Å². The van der Waals surface area contributed by atoms with Gasteiger partial charge >= 0.3 is 0 Å². The van der Waals surface area contributed by atoms with E-state index in [1.165, 1.54) is 37.3 Å². The van der Waals surface area contributed by atoms with Gasteiger partial charge in [-0.2, -0.15) is 5.10 Å². The number of halogens is 2. The Morgan fingerprint density at radius 1 is 1.09 bits per heavy atom. The predicted molar refractivity (Wildman–Crippen MR) is 124 cm³/mol. The second-order valence-electron chi connectivity index (χ2n) is 7.72. The number of aromatic nitrogens is 2. The molecule has 2 amide bonds. The summed E-state index contributed by atoms with van der Waals surface area (Å²) in [4.78, 5) is 26.4. The Balaban J connectivity index is 1.67. The standard InChI is InChI=1S/C25H22F2N4O3/c1-28-24(32)18-9-14(7-8-20(18)26)17-10-21(27)19(11-22(17)34-3)25(33)31(2)13-16-6-4-5-15-12-29-30-23(15)16/h4-12H,13H2,1-3H3,(H,28,32)(H,29,30). The fourth-order valence-electron chi connectivity index (χ4n) is 3.81. The van der Waals surface area contributed by atoms with Crippen molar-refractivity contribution in [3.05, 3.63) is 83.1 Å². The molecule has 0 aliphatic heterocycles. The SMILES string of the molecule is CNC(=O)c1cc(-c2cc(F)c(C(=O)N(C)Cc3cccc4cn[nH]c34)cc2OC)ccc1F. The first-order chi connectivity index (χ1) is 16.3. The maximum atomic E-state index is 15.1. The Morgan fingerprint density at radius 3 is 2.62 bits per heavy atom. The highest BCUT2D eigenvalue weighted by atomic mass is 19.1. The number of aromatic amines is 1. The molecule has 1 aromatic heterocycles. The van der Waals surface area contributed by atoms with Crippen LogP contribution in [0.1, 0.15) is 26.3 Å². The van der Waals surface area contributed by atoms with Gasteiger partial charge in [-0.15, -0.1) is 0 Å². The van der Waals surface area contributed by atoms with Gasteiger partial charge in [0, 0.05) is 31.6 Å². The summed E-state index contributed by atoms with van der Waals surface area (Å²) in [5.41, 5.74) is 1.94. The number of nitrogens with zero attached hydrogens (tertiary/aromatic N) is 2. The van der Waals surface area contributed by atoms with Gasteiger partial charge in [-0.05, 0) is 35.4 Å². The lowest BCUT2D eigenvalue weighted by molar-refractivity contribution is 0.0780. The van der Waals surface area contributed by atoms with E-state index >= 15 is 4.39 Å². The number of fused-ring (bicyclic) bond motifs is 1. The van der Waals surface area contributed by atoms with Crippen molar-refractivity contribution in [3.63, 3.8) is 0 Å². The van der Waals surface area contributed by atoms with Crippen molar-refractivity contribution in [3.8, 4) is 16.9 Å². The Kier molecular flexibility index (Phi) is 6.27. The van der Waals surface area contributed by atoms with Crippen molar-refractivity contribution >= 4 is 22.7 Å². The minimum absolute atomic E-state index is 0.173. The molecule has 0 aliphatic rings. The molecule has 2 N–H and O–H groups in total. The average molecular weight is 464 g/mol. The molecular weight excluding hydrogens is 442 g/mol. The lowest BCUT2D eigenvalue weighted by Crippen LogP contribution is -2.27. The van der Waals surface area contributed by atoms with Crippen LogP contribution < -0.4 is 10.1 Å². The monoisotopic (exact) mass is 464 g/mol. The smallest absolute Gasteiger partial charge is 0.257 e. The maximum absolute atomic E-state index is 15.1. The van der Waals surface area contributed by atoms with Crippen LogP contribution in [0, 0.1) is 11.6 Å². The minimum Gasteiger partial charge on any atom is -0.496 e. The number of para-hydroxylation sites is 1. The molecule has 0 saturated carbocycles. The highest BCUT2D eigenvalue weighted by molar-refractivity contribution is 5.97. The Hall–Kier alpha value is -4.27. The number of benzene rings is 3. The maximum Gasteiger partial charge on any atom is 0.257 e. The van der Waals surface area contributed by atoms with E-state index < -0.39 is 23.4 Å². The highest BCUT2D eigenvalue weighted by Crippen LogP contribution is 2.34. The van der Waals surface area contributed by atoms with Gasteiger partial charge in [0.15, 0.2) is 0 Å². The fraction of sp³-hybridized carbons (Fsp3) is 0.160. The number of methoxy groups -OCH3 is 1. The molecule has 4 aromatic rings. The normalized spacial score (nSPS) is 10.9. The van der Waals surface area contributed by atoms with E-state index in [4.69, 9.17) is 4.74 Å². The van der Waals surface area contributed by atoms with Crippen molar-refractivity contribution in [2.75, 3.05) is 21.2 Å². The molecule has 0 spiro atoms. The number of hydrogen-bond acceptors (Lipinski definition) is 4. The molecule has 34 heavy (non-hydrogen) atoms. The Bertz CT molecular complexity index is 1400. The second kappa shape index (κ2) is 9.30. The van der Waals surface area contributed by atoms with Gasteiger partial charge in [0.05, 0.1) is 30.0 Å². The van der Waals surface area contributed by atoms with Crippen molar-refractivity contribution < 1.29 is 23.1 Å². The summed E-state index contributed by atoms with van der Waals surface area (Å²) in [7, 11) is 4.35. The summed E-state index contributed by atoms with van der Waals surface area (Å²) in [6, 6.07) is 11.9. The van der Waals surface area contributed by atoms with Crippen molar-refractivity contribution in [2.45, 2.75) is 6.54 Å². The van der Waals surface area contributed by atoms with Gasteiger partial charge in [-0.25, -0.2) is 8.78 Å². The van der Waals surface area contributed by atoms with Crippen LogP contribution in [0.3, 0.4) is 0 Å². The minimum atomic E-state index is -0.766. The third-order valence-corrected chi connectivity index (χ3v) is 5.59. The molecule has 0 bridgehead atoms. The van der Waals surface area contributed by atoms with Crippen LogP contribution in [0.15, 0.2) is 54.7 Å². The fourth-order valence-corrected chi connectivity index (χ4v) is 3.81. The zero-order valence-electron chi connectivity index (χ0n) is 18.8. The van der Waals surface area contributed by atoms with Crippen LogP contribution in [0.5, 0.6) is 5.75 Å². The van der Waals surface area contributed by atoms with Gasteiger partial charge in [0.2, 0.25) is 0 Å². The molecule has 4 rings (SSSR count). The number of amides is 2. The largest absolute Gasteiger partial charge is 0.496 e. The molecule has 9 heteroatoms. The molecule has 0 radical (unpaired) electrons. The molecule has 1 heterocycles. The molecular formula is C25H22F2N4O3. The van der Waals surface area contributed by atoms with Crippen LogP contribution >= 0.6 is 0 Å². The van der Waals surface area contributed by atoms with E-state index in [9.17, 15) is 14.0 Å². The van der Waals surface area contributed by atoms with Gasteiger partial charge in [0.1, 0.15) is 17.4 Å². The first kappa shape index (κ1) is 22.9. The molecule has 7 nitrogen and oxygen atoms in total. The van der Waals surface area contributed by atoms with Gasteiger partial charge in [-0.3, -0.25) is 14.7 Å². The summed E-state index contributed by atoms with van der Waals surface area (Å²) in [6.07, 6.45) is 1.69. The number of nitrogens with one attached hydrogen (secondary N) is 2. The van der Waals surface area contributed by atoms with Crippen LogP contribution in [0.4, 0.5) is 8.78 Å². The average Bonchev–Trinajstić information content (AvgIpc) is 3.33. The van der Waals surface area contributed by atoms with Crippen molar-refractivity contribution in [1.82, 2.24) is 20.4 Å². The number of H-pyrrole nitrogens is 1. The van der Waals surface area contributed by atoms with E-state index in [2.05, 4.69) is 15.5 Å². The van der Waals surface area contributed by atoms with E-state index in [1.54, 1.807) is 13.2 Å². The topological polar surface area (TPSA) is 87.3 Å². The summed E-state index contributed by atoms with van der Waals surface area (Å²) in [5, 5.41) is 10.2. The Labute approximate surface area is 194 Å². The van der Waals surface area contributed by atoms with Crippen LogP contribution in [0.2, 0.25) is 0 Å². The summed E-state index contributed by atoms with van der Waals surface area (Å²) >= 11 is 0. The molecule has 3 aromatic carbocycles. The second-order valence-corrected chi connectivity index (χ2v) is 7.72. The van der Waals surface area contributed by atoms with Crippen LogP contribution in [-0.2, 0) is 6.54 Å². The summed E-state index contributed by atoms with van der Waals surface area (Å²) in [5.74, 6) is -2.41. The third-order valence-electron chi connectivity index (χ3n) is 5.59. The van der Waals surface area contributed by atoms with Crippen LogP contribution in [0.25, 0.3) is 22.0 Å². The van der Waals surface area contributed by atoms with Gasteiger partial charge in [0.25, 0.3) is 11.8 Å². The summed E-state index contributed by atoms with van der Waals surface area (Å²) < 4.78 is 34.6. The molecule has 0 saturated heterocycles. The molecule has 174 valence electrons. The Morgan fingerprint density at radius 2 is 1.88 bits per heavy atom. The number of carbonyl (C=O) groups excluding carboxylic acids is 2. The van der Waals surface area contributed by atoms with Crippen molar-refractivity contribution in [1.29, 1.82) is 0 Å². The number of ether oxygens (including phenoxy) is 1. The highest BCUT2D eigenvalue weighted by Gasteiger charge is 2.22. The third kappa shape index (κ3) is 4.19. The quantitative estimate of drug-likeness (QED) is 0.449. The zero-order valence-corrected chi connectivity index (χ0v) is 18.8. The summed E-state index contributed by atoms with van der Waals surface area (Å²) in [6.45, 7) is 0.231. The number of carbonyl (C=O) groups is 2. The van der Waals surface area contributed by atoms with Gasteiger partial charge in [-0.1, -0.05) is 24.3 Å². The van der Waals surface area contributed by atoms with E-state index in [0.29, 0.717) is 5.56 Å². The van der Waals surface area contributed by atoms with Crippen LogP contribution in [-0.4, -0.2) is 48.1 Å². The molecule has 0 fully saturated rings. The van der Waals surface area contributed by atoms with E-state index in [0.717, 1.165) is 28.6 Å². The lowest BCUT2D eigenvalue weighted by atomic mass is 9.99. The lowest BCUT2D eigenvalue weighted by Gasteiger charge is -2.19.